The van der Waals surface area contributed by atoms with Crippen LogP contribution in [0.15, 0.2) is 29.0 Å². The number of nitrogens with one attached hydrogen (secondary N) is 1. The fourth-order valence-corrected chi connectivity index (χ4v) is 2.30. The lowest BCUT2D eigenvalue weighted by Gasteiger charge is -2.03. The molecule has 0 bridgehead atoms. The van der Waals surface area contributed by atoms with Gasteiger partial charge in [0.2, 0.25) is 0 Å². The monoisotopic (exact) mass is 366 g/mol. The molecule has 0 saturated heterocycles. The summed E-state index contributed by atoms with van der Waals surface area (Å²) < 4.78 is 45.1. The minimum Gasteiger partial charge on any atom is -0.354 e. The van der Waals surface area contributed by atoms with Crippen molar-refractivity contribution in [1.82, 2.24) is 30.2 Å². The second-order valence-electron chi connectivity index (χ2n) is 5.38. The van der Waals surface area contributed by atoms with E-state index in [4.69, 9.17) is 4.52 Å². The zero-order valence-corrected chi connectivity index (χ0v) is 13.7. The number of alkyl halides is 3. The number of nitrogens with zero attached hydrogens (tertiary/aromatic N) is 5. The van der Waals surface area contributed by atoms with Crippen LogP contribution in [0, 0.1) is 0 Å². The Bertz CT molecular complexity index is 930. The third-order valence-electron chi connectivity index (χ3n) is 3.46. The number of hydrogen-bond donors (Lipinski definition) is 1. The van der Waals surface area contributed by atoms with Crippen LogP contribution >= 0.6 is 0 Å². The molecule has 0 unspecified atom stereocenters. The molecule has 0 fully saturated rings. The van der Waals surface area contributed by atoms with E-state index in [-0.39, 0.29) is 35.3 Å². The number of aromatic nitrogens is 5. The summed E-state index contributed by atoms with van der Waals surface area (Å²) in [6.45, 7) is 0. The molecule has 0 aliphatic heterocycles. The average Bonchev–Trinajstić information content (AvgIpc) is 3.21. The summed E-state index contributed by atoms with van der Waals surface area (Å²) in [7, 11) is 2.88. The van der Waals surface area contributed by atoms with E-state index >= 15 is 0 Å². The zero-order valence-electron chi connectivity index (χ0n) is 13.7. The molecule has 11 heteroatoms. The predicted octanol–water partition coefficient (Wildman–Crippen LogP) is 1.83. The molecular formula is C15H13F3N6O2. The maximum absolute atomic E-state index is 13.0. The first-order chi connectivity index (χ1) is 12.3. The van der Waals surface area contributed by atoms with Gasteiger partial charge < -0.3 is 9.84 Å². The largest absolute Gasteiger partial charge is 0.435 e. The van der Waals surface area contributed by atoms with E-state index in [0.717, 1.165) is 4.68 Å². The lowest BCUT2D eigenvalue weighted by atomic mass is 10.1. The summed E-state index contributed by atoms with van der Waals surface area (Å²) in [6, 6.07) is 3.03. The number of pyridine rings is 1. The van der Waals surface area contributed by atoms with Crippen molar-refractivity contribution < 1.29 is 22.5 Å². The van der Waals surface area contributed by atoms with Crippen molar-refractivity contribution in [3.05, 3.63) is 47.3 Å². The number of rotatable bonds is 4. The molecule has 0 aromatic carbocycles. The van der Waals surface area contributed by atoms with Gasteiger partial charge in [0.1, 0.15) is 5.69 Å². The van der Waals surface area contributed by atoms with Gasteiger partial charge in [-0.3, -0.25) is 14.5 Å². The van der Waals surface area contributed by atoms with Crippen LogP contribution in [0.5, 0.6) is 0 Å². The SMILES string of the molecule is CNC(=O)c1ccc(-c2nc(Cc3cn(C)nc3C(F)(F)F)no2)cn1. The van der Waals surface area contributed by atoms with Gasteiger partial charge in [0.15, 0.2) is 11.5 Å². The Morgan fingerprint density at radius 2 is 2.12 bits per heavy atom. The van der Waals surface area contributed by atoms with Crippen molar-refractivity contribution in [2.24, 2.45) is 7.05 Å². The third kappa shape index (κ3) is 3.55. The van der Waals surface area contributed by atoms with Crippen molar-refractivity contribution >= 4 is 5.91 Å². The molecule has 136 valence electrons. The highest BCUT2D eigenvalue weighted by Crippen LogP contribution is 2.31. The summed E-state index contributed by atoms with van der Waals surface area (Å²) in [5.74, 6) is -0.179. The van der Waals surface area contributed by atoms with Crippen molar-refractivity contribution in [3.8, 4) is 11.5 Å². The Morgan fingerprint density at radius 1 is 1.35 bits per heavy atom. The fraction of sp³-hybridized carbons (Fsp3) is 0.267. The summed E-state index contributed by atoms with van der Waals surface area (Å²) >= 11 is 0. The van der Waals surface area contributed by atoms with Crippen LogP contribution in [0.25, 0.3) is 11.5 Å². The van der Waals surface area contributed by atoms with Crippen LogP contribution < -0.4 is 5.32 Å². The van der Waals surface area contributed by atoms with Gasteiger partial charge in [0, 0.05) is 38.5 Å². The Kier molecular flexibility index (Phi) is 4.45. The molecule has 0 saturated carbocycles. The van der Waals surface area contributed by atoms with Gasteiger partial charge in [0.25, 0.3) is 11.8 Å². The molecule has 0 radical (unpaired) electrons. The highest BCUT2D eigenvalue weighted by Gasteiger charge is 2.37. The maximum atomic E-state index is 13.0. The van der Waals surface area contributed by atoms with Gasteiger partial charge >= 0.3 is 6.18 Å². The van der Waals surface area contributed by atoms with E-state index in [1.165, 1.54) is 32.6 Å². The summed E-state index contributed by atoms with van der Waals surface area (Å²) in [5.41, 5.74) is -0.386. The summed E-state index contributed by atoms with van der Waals surface area (Å²) in [4.78, 5) is 19.5. The number of aryl methyl sites for hydroxylation is 1. The van der Waals surface area contributed by atoms with Gasteiger partial charge in [-0.2, -0.15) is 23.3 Å². The molecule has 0 atom stereocenters. The van der Waals surface area contributed by atoms with Gasteiger partial charge in [-0.1, -0.05) is 5.16 Å². The second kappa shape index (κ2) is 6.58. The molecule has 0 aliphatic rings. The lowest BCUT2D eigenvalue weighted by Crippen LogP contribution is -2.18. The number of amides is 1. The van der Waals surface area contributed by atoms with Crippen LogP contribution in [0.3, 0.4) is 0 Å². The van der Waals surface area contributed by atoms with Crippen molar-refractivity contribution in [2.45, 2.75) is 12.6 Å². The molecular weight excluding hydrogens is 353 g/mol. The molecule has 26 heavy (non-hydrogen) atoms. The van der Waals surface area contributed by atoms with Crippen LogP contribution in [0.1, 0.15) is 27.6 Å². The minimum absolute atomic E-state index is 0.0551. The smallest absolute Gasteiger partial charge is 0.354 e. The van der Waals surface area contributed by atoms with Gasteiger partial charge in [-0.25, -0.2) is 0 Å². The fourth-order valence-electron chi connectivity index (χ4n) is 2.30. The van der Waals surface area contributed by atoms with E-state index in [0.29, 0.717) is 5.56 Å². The van der Waals surface area contributed by atoms with E-state index < -0.39 is 11.9 Å². The van der Waals surface area contributed by atoms with Gasteiger partial charge in [0.05, 0.1) is 5.56 Å². The first-order valence-corrected chi connectivity index (χ1v) is 7.38. The van der Waals surface area contributed by atoms with E-state index in [2.05, 4.69) is 25.5 Å². The van der Waals surface area contributed by atoms with Crippen LogP contribution in [0.2, 0.25) is 0 Å². The molecule has 0 aliphatic carbocycles. The Morgan fingerprint density at radius 3 is 2.73 bits per heavy atom. The molecule has 1 amide bonds. The van der Waals surface area contributed by atoms with Crippen LogP contribution in [0.4, 0.5) is 13.2 Å². The zero-order chi connectivity index (χ0) is 18.9. The highest BCUT2D eigenvalue weighted by atomic mass is 19.4. The normalized spacial score (nSPS) is 11.6. The first-order valence-electron chi connectivity index (χ1n) is 7.38. The maximum Gasteiger partial charge on any atom is 0.435 e. The summed E-state index contributed by atoms with van der Waals surface area (Å²) in [5, 5.41) is 9.57. The van der Waals surface area contributed by atoms with Crippen LogP contribution in [-0.2, 0) is 19.6 Å². The molecule has 3 aromatic rings. The Balaban J connectivity index is 1.82. The van der Waals surface area contributed by atoms with Gasteiger partial charge in [-0.05, 0) is 12.1 Å². The first kappa shape index (κ1) is 17.6. The average molecular weight is 366 g/mol. The van der Waals surface area contributed by atoms with Crippen molar-refractivity contribution in [2.75, 3.05) is 7.05 Å². The summed E-state index contributed by atoms with van der Waals surface area (Å²) in [6.07, 6.45) is -2.12. The standard InChI is InChI=1S/C15H13F3N6O2/c1-19-13(25)10-4-3-8(6-20-10)14-21-11(23-26-14)5-9-7-24(2)22-12(9)15(16,17)18/h3-4,6-7H,5H2,1-2H3,(H,19,25). The third-order valence-corrected chi connectivity index (χ3v) is 3.46. The molecule has 3 rings (SSSR count). The Hall–Kier alpha value is -3.24. The topological polar surface area (TPSA) is 98.7 Å². The van der Waals surface area contributed by atoms with Crippen molar-refractivity contribution in [3.63, 3.8) is 0 Å². The van der Waals surface area contributed by atoms with E-state index in [1.807, 2.05) is 0 Å². The number of hydrogen-bond acceptors (Lipinski definition) is 6. The molecule has 1 N–H and O–H groups in total. The number of carbonyl (C=O) groups excluding carboxylic acids is 1. The van der Waals surface area contributed by atoms with Gasteiger partial charge in [-0.15, -0.1) is 0 Å². The lowest BCUT2D eigenvalue weighted by molar-refractivity contribution is -0.142. The Labute approximate surface area is 145 Å². The second-order valence-corrected chi connectivity index (χ2v) is 5.38. The molecule has 3 heterocycles. The number of carbonyl (C=O) groups is 1. The predicted molar refractivity (Wildman–Crippen MR) is 81.9 cm³/mol. The van der Waals surface area contributed by atoms with Crippen molar-refractivity contribution in [1.29, 1.82) is 0 Å². The molecule has 8 nitrogen and oxygen atoms in total. The van der Waals surface area contributed by atoms with E-state index in [9.17, 15) is 18.0 Å². The van der Waals surface area contributed by atoms with E-state index in [1.54, 1.807) is 6.07 Å². The minimum atomic E-state index is -4.57. The number of halogens is 3. The molecule has 0 spiro atoms. The van der Waals surface area contributed by atoms with Crippen LogP contribution in [-0.4, -0.2) is 37.9 Å². The quantitative estimate of drug-likeness (QED) is 0.756. The highest BCUT2D eigenvalue weighted by molar-refractivity contribution is 5.92. The molecule has 3 aromatic heterocycles.